The summed E-state index contributed by atoms with van der Waals surface area (Å²) in [6.45, 7) is 0.680. The second-order valence-electron chi connectivity index (χ2n) is 6.43. The zero-order valence-electron chi connectivity index (χ0n) is 15.3. The van der Waals surface area contributed by atoms with Crippen molar-refractivity contribution in [3.63, 3.8) is 0 Å². The fourth-order valence-corrected chi connectivity index (χ4v) is 3.14. The van der Waals surface area contributed by atoms with Gasteiger partial charge in [-0.2, -0.15) is 0 Å². The highest BCUT2D eigenvalue weighted by Crippen LogP contribution is 2.22. The highest BCUT2D eigenvalue weighted by Gasteiger charge is 2.22. The maximum atomic E-state index is 12.8. The molecule has 0 radical (unpaired) electrons. The summed E-state index contributed by atoms with van der Waals surface area (Å²) < 4.78 is 2.06. The van der Waals surface area contributed by atoms with Gasteiger partial charge in [0, 0.05) is 25.1 Å². The van der Waals surface area contributed by atoms with Gasteiger partial charge in [-0.3, -0.25) is 9.78 Å². The lowest BCUT2D eigenvalue weighted by molar-refractivity contribution is 0.0936. The highest BCUT2D eigenvalue weighted by molar-refractivity contribution is 5.92. The Labute approximate surface area is 163 Å². The number of aromatic nitrogens is 3. The van der Waals surface area contributed by atoms with Crippen molar-refractivity contribution in [2.45, 2.75) is 12.6 Å². The Morgan fingerprint density at radius 3 is 2.29 bits per heavy atom. The monoisotopic (exact) mass is 368 g/mol. The van der Waals surface area contributed by atoms with Crippen LogP contribution in [0.4, 0.5) is 0 Å². The van der Waals surface area contributed by atoms with Gasteiger partial charge in [0.1, 0.15) is 17.6 Å². The lowest BCUT2D eigenvalue weighted by Crippen LogP contribution is -2.32. The van der Waals surface area contributed by atoms with Gasteiger partial charge >= 0.3 is 0 Å². The van der Waals surface area contributed by atoms with E-state index in [9.17, 15) is 4.79 Å². The molecule has 5 heteroatoms. The zero-order chi connectivity index (χ0) is 19.2. The first kappa shape index (κ1) is 17.7. The average Bonchev–Trinajstić information content (AvgIpc) is 3.21. The Hall–Kier alpha value is -3.73. The number of carbonyl (C=O) groups excluding carboxylic acids is 1. The van der Waals surface area contributed by atoms with Gasteiger partial charge in [-0.05, 0) is 23.3 Å². The van der Waals surface area contributed by atoms with Gasteiger partial charge in [0.25, 0.3) is 5.91 Å². The van der Waals surface area contributed by atoms with Gasteiger partial charge in [-0.1, -0.05) is 66.7 Å². The third-order valence-electron chi connectivity index (χ3n) is 4.51. The summed E-state index contributed by atoms with van der Waals surface area (Å²) in [7, 11) is 0. The van der Waals surface area contributed by atoms with Crippen molar-refractivity contribution >= 4 is 5.91 Å². The second kappa shape index (κ2) is 8.31. The van der Waals surface area contributed by atoms with E-state index in [1.165, 1.54) is 5.56 Å². The minimum absolute atomic E-state index is 0.233. The summed E-state index contributed by atoms with van der Waals surface area (Å²) in [5, 5.41) is 3.09. The molecule has 2 heterocycles. The number of amides is 1. The van der Waals surface area contributed by atoms with Crippen LogP contribution in [0.1, 0.15) is 33.5 Å². The minimum atomic E-state index is -0.380. The molecule has 0 aliphatic heterocycles. The van der Waals surface area contributed by atoms with Crippen LogP contribution in [0.2, 0.25) is 0 Å². The number of rotatable bonds is 6. The number of nitrogens with one attached hydrogen (secondary N) is 1. The van der Waals surface area contributed by atoms with Crippen LogP contribution in [0.3, 0.4) is 0 Å². The van der Waals surface area contributed by atoms with Crippen molar-refractivity contribution in [3.05, 3.63) is 120 Å². The van der Waals surface area contributed by atoms with Crippen LogP contribution in [0.5, 0.6) is 0 Å². The molecule has 2 aromatic carbocycles. The summed E-state index contributed by atoms with van der Waals surface area (Å²) in [5.74, 6) is 0.544. The highest BCUT2D eigenvalue weighted by atomic mass is 16.1. The standard InChI is InChI=1S/C23H20N4O/c28-23(20-13-7-8-14-24-20)26-21(19-11-5-2-6-12-19)22-25-15-16-27(22)17-18-9-3-1-4-10-18/h1-16,21H,17H2,(H,26,28). The summed E-state index contributed by atoms with van der Waals surface area (Å²) >= 11 is 0. The van der Waals surface area contributed by atoms with Crippen LogP contribution >= 0.6 is 0 Å². The molecule has 1 N–H and O–H groups in total. The van der Waals surface area contributed by atoms with E-state index in [1.54, 1.807) is 30.6 Å². The molecule has 0 bridgehead atoms. The molecule has 0 aliphatic carbocycles. The first-order valence-corrected chi connectivity index (χ1v) is 9.13. The number of hydrogen-bond acceptors (Lipinski definition) is 3. The maximum Gasteiger partial charge on any atom is 0.270 e. The van der Waals surface area contributed by atoms with Crippen molar-refractivity contribution < 1.29 is 4.79 Å². The van der Waals surface area contributed by atoms with Gasteiger partial charge in [-0.25, -0.2) is 4.98 Å². The molecule has 2 aromatic heterocycles. The van der Waals surface area contributed by atoms with Crippen molar-refractivity contribution in [1.29, 1.82) is 0 Å². The van der Waals surface area contributed by atoms with Gasteiger partial charge in [0.2, 0.25) is 0 Å². The van der Waals surface area contributed by atoms with Crippen molar-refractivity contribution in [1.82, 2.24) is 19.9 Å². The summed E-state index contributed by atoms with van der Waals surface area (Å²) in [4.78, 5) is 21.5. The van der Waals surface area contributed by atoms with Crippen molar-refractivity contribution in [2.24, 2.45) is 0 Å². The van der Waals surface area contributed by atoms with E-state index >= 15 is 0 Å². The Morgan fingerprint density at radius 2 is 1.57 bits per heavy atom. The predicted molar refractivity (Wildman–Crippen MR) is 108 cm³/mol. The number of pyridine rings is 1. The van der Waals surface area contributed by atoms with E-state index in [2.05, 4.69) is 32.0 Å². The topological polar surface area (TPSA) is 59.8 Å². The Balaban J connectivity index is 1.67. The molecular formula is C23H20N4O. The molecule has 4 rings (SSSR count). The van der Waals surface area contributed by atoms with Crippen molar-refractivity contribution in [3.8, 4) is 0 Å². The average molecular weight is 368 g/mol. The molecule has 1 atom stereocenters. The molecule has 0 fully saturated rings. The molecule has 0 saturated carbocycles. The first-order valence-electron chi connectivity index (χ1n) is 9.13. The van der Waals surface area contributed by atoms with Crippen molar-refractivity contribution in [2.75, 3.05) is 0 Å². The van der Waals surface area contributed by atoms with E-state index < -0.39 is 0 Å². The number of nitrogens with zero attached hydrogens (tertiary/aromatic N) is 3. The normalized spacial score (nSPS) is 11.7. The van der Waals surface area contributed by atoms with Crippen LogP contribution in [0.25, 0.3) is 0 Å². The smallest absolute Gasteiger partial charge is 0.270 e. The summed E-state index contributed by atoms with van der Waals surface area (Å²) in [5.41, 5.74) is 2.52. The molecule has 0 spiro atoms. The largest absolute Gasteiger partial charge is 0.337 e. The Bertz CT molecular complexity index is 1030. The van der Waals surface area contributed by atoms with Crippen LogP contribution in [-0.4, -0.2) is 20.4 Å². The summed E-state index contributed by atoms with van der Waals surface area (Å²) in [6, 6.07) is 25.0. The fraction of sp³-hybridized carbons (Fsp3) is 0.0870. The van der Waals surface area contributed by atoms with E-state index in [0.717, 1.165) is 11.4 Å². The van der Waals surface area contributed by atoms with Crippen LogP contribution in [0, 0.1) is 0 Å². The number of hydrogen-bond donors (Lipinski definition) is 1. The van der Waals surface area contributed by atoms with Gasteiger partial charge in [0.05, 0.1) is 0 Å². The molecule has 28 heavy (non-hydrogen) atoms. The molecule has 1 unspecified atom stereocenters. The zero-order valence-corrected chi connectivity index (χ0v) is 15.3. The van der Waals surface area contributed by atoms with Gasteiger partial charge in [0.15, 0.2) is 0 Å². The van der Waals surface area contributed by atoms with E-state index in [-0.39, 0.29) is 11.9 Å². The third kappa shape index (κ3) is 3.99. The molecule has 5 nitrogen and oxygen atoms in total. The van der Waals surface area contributed by atoms with Crippen LogP contribution < -0.4 is 5.32 Å². The minimum Gasteiger partial charge on any atom is -0.337 e. The third-order valence-corrected chi connectivity index (χ3v) is 4.51. The lowest BCUT2D eigenvalue weighted by Gasteiger charge is -2.20. The molecular weight excluding hydrogens is 348 g/mol. The Kier molecular flexibility index (Phi) is 5.24. The lowest BCUT2D eigenvalue weighted by atomic mass is 10.1. The molecule has 4 aromatic rings. The van der Waals surface area contributed by atoms with E-state index in [4.69, 9.17) is 0 Å². The predicted octanol–water partition coefficient (Wildman–Crippen LogP) is 3.85. The van der Waals surface area contributed by atoms with E-state index in [0.29, 0.717) is 12.2 Å². The van der Waals surface area contributed by atoms with E-state index in [1.807, 2.05) is 54.7 Å². The molecule has 138 valence electrons. The number of carbonyl (C=O) groups is 1. The summed E-state index contributed by atoms with van der Waals surface area (Å²) in [6.07, 6.45) is 5.31. The fourth-order valence-electron chi connectivity index (χ4n) is 3.14. The van der Waals surface area contributed by atoms with Gasteiger partial charge in [-0.15, -0.1) is 0 Å². The number of imidazole rings is 1. The SMILES string of the molecule is O=C(NC(c1ccccc1)c1nccn1Cc1ccccc1)c1ccccn1. The molecule has 0 saturated heterocycles. The molecule has 0 aliphatic rings. The number of benzene rings is 2. The van der Waals surface area contributed by atoms with Crippen LogP contribution in [0.15, 0.2) is 97.5 Å². The quantitative estimate of drug-likeness (QED) is 0.562. The molecule has 1 amide bonds. The second-order valence-corrected chi connectivity index (χ2v) is 6.43. The van der Waals surface area contributed by atoms with Crippen LogP contribution in [-0.2, 0) is 6.54 Å². The maximum absolute atomic E-state index is 12.8. The Morgan fingerprint density at radius 1 is 0.857 bits per heavy atom. The van der Waals surface area contributed by atoms with Gasteiger partial charge < -0.3 is 9.88 Å². The first-order chi connectivity index (χ1) is 13.8.